The summed E-state index contributed by atoms with van der Waals surface area (Å²) in [6, 6.07) is 0. The van der Waals surface area contributed by atoms with Crippen molar-refractivity contribution in [2.75, 3.05) is 26.3 Å². The van der Waals surface area contributed by atoms with Crippen LogP contribution in [0.15, 0.2) is 5.38 Å². The van der Waals surface area contributed by atoms with Crippen LogP contribution in [-0.2, 0) is 9.53 Å². The van der Waals surface area contributed by atoms with Crippen molar-refractivity contribution >= 4 is 17.2 Å². The van der Waals surface area contributed by atoms with E-state index < -0.39 is 5.54 Å². The van der Waals surface area contributed by atoms with E-state index in [1.165, 1.54) is 0 Å². The maximum atomic E-state index is 12.8. The summed E-state index contributed by atoms with van der Waals surface area (Å²) in [7, 11) is 0. The largest absolute Gasteiger partial charge is 0.381 e. The van der Waals surface area contributed by atoms with Gasteiger partial charge in [0.1, 0.15) is 0 Å². The lowest BCUT2D eigenvalue weighted by Gasteiger charge is -2.40. The Balaban J connectivity index is 1.69. The van der Waals surface area contributed by atoms with Crippen molar-refractivity contribution in [2.45, 2.75) is 44.1 Å². The summed E-state index contributed by atoms with van der Waals surface area (Å²) in [4.78, 5) is 19.3. The number of aromatic nitrogens is 1. The summed E-state index contributed by atoms with van der Waals surface area (Å²) >= 11 is 1.70. The maximum Gasteiger partial charge on any atom is 0.242 e. The van der Waals surface area contributed by atoms with E-state index in [9.17, 15) is 4.79 Å². The SMILES string of the molecule is Cc1csc(C2CCCN(C(=O)C3(N)CCOCC3)C2)n1. The van der Waals surface area contributed by atoms with Crippen LogP contribution in [0.5, 0.6) is 0 Å². The third-order valence-corrected chi connectivity index (χ3v) is 5.63. The molecule has 0 aromatic carbocycles. The van der Waals surface area contributed by atoms with Gasteiger partial charge in [0, 0.05) is 43.3 Å². The summed E-state index contributed by atoms with van der Waals surface area (Å²) in [5.41, 5.74) is 6.68. The summed E-state index contributed by atoms with van der Waals surface area (Å²) < 4.78 is 5.34. The monoisotopic (exact) mass is 309 g/mol. The highest BCUT2D eigenvalue weighted by Gasteiger charge is 2.40. The summed E-state index contributed by atoms with van der Waals surface area (Å²) in [5.74, 6) is 0.466. The number of ether oxygens (including phenoxy) is 1. The van der Waals surface area contributed by atoms with Gasteiger partial charge in [0.25, 0.3) is 0 Å². The molecule has 0 bridgehead atoms. The Labute approximate surface area is 129 Å². The van der Waals surface area contributed by atoms with Crippen molar-refractivity contribution in [3.05, 3.63) is 16.1 Å². The fourth-order valence-electron chi connectivity index (χ4n) is 3.19. The van der Waals surface area contributed by atoms with Gasteiger partial charge >= 0.3 is 0 Å². The number of aryl methyl sites for hydroxylation is 1. The van der Waals surface area contributed by atoms with Crippen molar-refractivity contribution in [1.29, 1.82) is 0 Å². The quantitative estimate of drug-likeness (QED) is 0.902. The van der Waals surface area contributed by atoms with Gasteiger partial charge in [-0.05, 0) is 32.6 Å². The van der Waals surface area contributed by atoms with Crippen molar-refractivity contribution in [1.82, 2.24) is 9.88 Å². The Morgan fingerprint density at radius 3 is 2.95 bits per heavy atom. The zero-order valence-corrected chi connectivity index (χ0v) is 13.3. The number of hydrogen-bond donors (Lipinski definition) is 1. The Kier molecular flexibility index (Phi) is 4.28. The van der Waals surface area contributed by atoms with Crippen LogP contribution < -0.4 is 5.73 Å². The molecule has 2 aliphatic rings. The topological polar surface area (TPSA) is 68.5 Å². The highest BCUT2D eigenvalue weighted by molar-refractivity contribution is 7.09. The zero-order valence-electron chi connectivity index (χ0n) is 12.5. The number of piperidine rings is 1. The highest BCUT2D eigenvalue weighted by Crippen LogP contribution is 2.31. The van der Waals surface area contributed by atoms with Gasteiger partial charge in [-0.25, -0.2) is 4.98 Å². The number of hydrogen-bond acceptors (Lipinski definition) is 5. The molecule has 1 amide bonds. The third-order valence-electron chi connectivity index (χ3n) is 4.51. The van der Waals surface area contributed by atoms with Crippen LogP contribution in [0.2, 0.25) is 0 Å². The van der Waals surface area contributed by atoms with Gasteiger partial charge in [0.05, 0.1) is 10.5 Å². The first-order chi connectivity index (χ1) is 10.1. The number of amides is 1. The molecule has 2 aliphatic heterocycles. The van der Waals surface area contributed by atoms with Gasteiger partial charge in [0.15, 0.2) is 0 Å². The second kappa shape index (κ2) is 6.02. The van der Waals surface area contributed by atoms with Crippen molar-refractivity contribution < 1.29 is 9.53 Å². The van der Waals surface area contributed by atoms with Crippen molar-refractivity contribution in [3.63, 3.8) is 0 Å². The van der Waals surface area contributed by atoms with E-state index in [0.717, 1.165) is 36.6 Å². The first-order valence-corrected chi connectivity index (χ1v) is 8.54. The van der Waals surface area contributed by atoms with Crippen LogP contribution in [0.3, 0.4) is 0 Å². The van der Waals surface area contributed by atoms with Gasteiger partial charge < -0.3 is 15.4 Å². The maximum absolute atomic E-state index is 12.8. The molecule has 0 saturated carbocycles. The summed E-state index contributed by atoms with van der Waals surface area (Å²) in [6.45, 7) is 4.77. The lowest BCUT2D eigenvalue weighted by Crippen LogP contribution is -2.59. The lowest BCUT2D eigenvalue weighted by atomic mass is 9.88. The fraction of sp³-hybridized carbons (Fsp3) is 0.733. The van der Waals surface area contributed by atoms with E-state index in [1.54, 1.807) is 11.3 Å². The molecule has 1 aromatic heterocycles. The van der Waals surface area contributed by atoms with E-state index in [4.69, 9.17) is 10.5 Å². The van der Waals surface area contributed by atoms with Gasteiger partial charge in [-0.3, -0.25) is 4.79 Å². The molecular weight excluding hydrogens is 286 g/mol. The molecule has 1 unspecified atom stereocenters. The highest BCUT2D eigenvalue weighted by atomic mass is 32.1. The molecule has 0 spiro atoms. The third kappa shape index (κ3) is 3.12. The number of likely N-dealkylation sites (tertiary alicyclic amines) is 1. The predicted molar refractivity (Wildman–Crippen MR) is 82.4 cm³/mol. The van der Waals surface area contributed by atoms with E-state index in [0.29, 0.717) is 32.0 Å². The van der Waals surface area contributed by atoms with E-state index in [2.05, 4.69) is 10.4 Å². The molecule has 6 heteroatoms. The van der Waals surface area contributed by atoms with Crippen LogP contribution in [0.1, 0.15) is 42.3 Å². The molecule has 3 rings (SSSR count). The van der Waals surface area contributed by atoms with Gasteiger partial charge in [-0.15, -0.1) is 11.3 Å². The van der Waals surface area contributed by atoms with Crippen LogP contribution in [0.4, 0.5) is 0 Å². The van der Waals surface area contributed by atoms with Gasteiger partial charge in [-0.1, -0.05) is 0 Å². The minimum absolute atomic E-state index is 0.101. The molecule has 2 fully saturated rings. The number of rotatable bonds is 2. The van der Waals surface area contributed by atoms with Crippen molar-refractivity contribution in [3.8, 4) is 0 Å². The molecule has 1 atom stereocenters. The Morgan fingerprint density at radius 1 is 1.52 bits per heavy atom. The number of carbonyl (C=O) groups is 1. The minimum Gasteiger partial charge on any atom is -0.381 e. The molecule has 0 aliphatic carbocycles. The number of nitrogens with zero attached hydrogens (tertiary/aromatic N) is 2. The average Bonchev–Trinajstić information content (AvgIpc) is 2.94. The molecular formula is C15H23N3O2S. The standard InChI is InChI=1S/C15H23N3O2S/c1-11-10-21-13(17-11)12-3-2-6-18(9-12)14(19)15(16)4-7-20-8-5-15/h10,12H,2-9,16H2,1H3. The molecule has 21 heavy (non-hydrogen) atoms. The normalized spacial score (nSPS) is 25.8. The Bertz CT molecular complexity index is 511. The molecule has 2 N–H and O–H groups in total. The van der Waals surface area contributed by atoms with Crippen LogP contribution in [0.25, 0.3) is 0 Å². The first-order valence-electron chi connectivity index (χ1n) is 7.66. The molecule has 0 radical (unpaired) electrons. The van der Waals surface area contributed by atoms with Crippen LogP contribution in [-0.4, -0.2) is 47.6 Å². The number of thiazole rings is 1. The number of carbonyl (C=O) groups excluding carboxylic acids is 1. The molecule has 5 nitrogen and oxygen atoms in total. The van der Waals surface area contributed by atoms with Crippen molar-refractivity contribution in [2.24, 2.45) is 5.73 Å². The Hall–Kier alpha value is -0.980. The van der Waals surface area contributed by atoms with E-state index >= 15 is 0 Å². The van der Waals surface area contributed by atoms with Crippen LogP contribution >= 0.6 is 11.3 Å². The predicted octanol–water partition coefficient (Wildman–Crippen LogP) is 1.67. The van der Waals surface area contributed by atoms with E-state index in [-0.39, 0.29) is 5.91 Å². The smallest absolute Gasteiger partial charge is 0.242 e. The zero-order chi connectivity index (χ0) is 14.9. The van der Waals surface area contributed by atoms with Gasteiger partial charge in [0.2, 0.25) is 5.91 Å². The second-order valence-electron chi connectivity index (χ2n) is 6.19. The lowest BCUT2D eigenvalue weighted by molar-refractivity contribution is -0.141. The van der Waals surface area contributed by atoms with Gasteiger partial charge in [-0.2, -0.15) is 0 Å². The fourth-order valence-corrected chi connectivity index (χ4v) is 4.11. The summed E-state index contributed by atoms with van der Waals surface area (Å²) in [6.07, 6.45) is 3.39. The second-order valence-corrected chi connectivity index (χ2v) is 7.08. The molecule has 2 saturated heterocycles. The van der Waals surface area contributed by atoms with E-state index in [1.807, 2.05) is 11.8 Å². The number of nitrogens with two attached hydrogens (primary N) is 1. The summed E-state index contributed by atoms with van der Waals surface area (Å²) in [5, 5.41) is 3.24. The minimum atomic E-state index is -0.723. The van der Waals surface area contributed by atoms with Crippen LogP contribution in [0, 0.1) is 6.92 Å². The molecule has 116 valence electrons. The Morgan fingerprint density at radius 2 is 2.29 bits per heavy atom. The molecule has 3 heterocycles. The molecule has 1 aromatic rings. The first kappa shape index (κ1) is 14.9. The average molecular weight is 309 g/mol.